The molecule has 90 valence electrons. The van der Waals surface area contributed by atoms with Crippen LogP contribution in [0.15, 0.2) is 35.5 Å². The van der Waals surface area contributed by atoms with E-state index in [0.29, 0.717) is 11.3 Å². The summed E-state index contributed by atoms with van der Waals surface area (Å²) in [4.78, 5) is 27.0. The summed E-state index contributed by atoms with van der Waals surface area (Å²) in [7, 11) is 1.28. The first-order chi connectivity index (χ1) is 8.13. The monoisotopic (exact) mass is 235 g/mol. The van der Waals surface area contributed by atoms with Gasteiger partial charge in [-0.1, -0.05) is 23.4 Å². The molecule has 0 unspecified atom stereocenters. The molecule has 0 aliphatic carbocycles. The number of hydrogen-bond donors (Lipinski definition) is 0. The molecule has 17 heavy (non-hydrogen) atoms. The summed E-state index contributed by atoms with van der Waals surface area (Å²) in [5.41, 5.74) is 0.781. The molecule has 0 aliphatic heterocycles. The van der Waals surface area contributed by atoms with Crippen LogP contribution >= 0.6 is 0 Å². The fourth-order valence-electron chi connectivity index (χ4n) is 1.06. The van der Waals surface area contributed by atoms with Crippen LogP contribution in [0.5, 0.6) is 0 Å². The maximum atomic E-state index is 11.5. The van der Waals surface area contributed by atoms with E-state index in [4.69, 9.17) is 0 Å². The van der Waals surface area contributed by atoms with Crippen molar-refractivity contribution in [3.8, 4) is 0 Å². The van der Waals surface area contributed by atoms with Crippen molar-refractivity contribution >= 4 is 17.7 Å². The van der Waals surface area contributed by atoms with Gasteiger partial charge in [-0.15, -0.1) is 0 Å². The highest BCUT2D eigenvalue weighted by atomic mass is 16.7. The van der Waals surface area contributed by atoms with E-state index in [-0.39, 0.29) is 6.42 Å². The van der Waals surface area contributed by atoms with Crippen LogP contribution in [-0.4, -0.2) is 24.8 Å². The molecule has 0 saturated heterocycles. The molecule has 1 aromatic carbocycles. The van der Waals surface area contributed by atoms with Crippen molar-refractivity contribution < 1.29 is 19.2 Å². The molecule has 0 aliphatic rings. The van der Waals surface area contributed by atoms with Gasteiger partial charge in [0.25, 0.3) is 0 Å². The van der Waals surface area contributed by atoms with Gasteiger partial charge in [0, 0.05) is 0 Å². The topological polar surface area (TPSA) is 65.0 Å². The van der Waals surface area contributed by atoms with Crippen molar-refractivity contribution in [2.24, 2.45) is 5.16 Å². The van der Waals surface area contributed by atoms with E-state index in [9.17, 15) is 9.59 Å². The first-order valence-corrected chi connectivity index (χ1v) is 5.00. The zero-order chi connectivity index (χ0) is 12.7. The van der Waals surface area contributed by atoms with Gasteiger partial charge in [0.1, 0.15) is 0 Å². The maximum Gasteiger partial charge on any atom is 0.365 e. The van der Waals surface area contributed by atoms with Crippen LogP contribution in [0.2, 0.25) is 0 Å². The van der Waals surface area contributed by atoms with E-state index in [1.807, 2.05) is 0 Å². The molecular formula is C12H13NO4. The second-order valence-corrected chi connectivity index (χ2v) is 3.32. The summed E-state index contributed by atoms with van der Waals surface area (Å²) in [6.07, 6.45) is -0.00142. The first kappa shape index (κ1) is 12.9. The van der Waals surface area contributed by atoms with Crippen LogP contribution in [0.25, 0.3) is 0 Å². The highest BCUT2D eigenvalue weighted by Gasteiger charge is 2.07. The molecule has 0 spiro atoms. The Hall–Kier alpha value is -2.17. The van der Waals surface area contributed by atoms with Gasteiger partial charge in [0.2, 0.25) is 0 Å². The average Bonchev–Trinajstić information content (AvgIpc) is 2.36. The minimum absolute atomic E-state index is 0.00142. The van der Waals surface area contributed by atoms with Crippen LogP contribution in [0, 0.1) is 0 Å². The third kappa shape index (κ3) is 4.46. The highest BCUT2D eigenvalue weighted by Crippen LogP contribution is 2.02. The van der Waals surface area contributed by atoms with Gasteiger partial charge in [-0.05, 0) is 19.1 Å². The fraction of sp³-hybridized carbons (Fsp3) is 0.250. The summed E-state index contributed by atoms with van der Waals surface area (Å²) in [5.74, 6) is -0.989. The number of carbonyl (C=O) groups is 2. The lowest BCUT2D eigenvalue weighted by Gasteiger charge is -2.00. The Labute approximate surface area is 99.0 Å². The van der Waals surface area contributed by atoms with Crippen molar-refractivity contribution in [2.45, 2.75) is 13.3 Å². The Bertz CT molecular complexity index is 425. The zero-order valence-corrected chi connectivity index (χ0v) is 9.67. The molecule has 0 radical (unpaired) electrons. The van der Waals surface area contributed by atoms with Crippen molar-refractivity contribution in [2.75, 3.05) is 7.11 Å². The molecule has 0 aromatic heterocycles. The normalized spacial score (nSPS) is 10.8. The average molecular weight is 235 g/mol. The van der Waals surface area contributed by atoms with E-state index in [1.165, 1.54) is 7.11 Å². The Morgan fingerprint density at radius 2 is 1.88 bits per heavy atom. The van der Waals surface area contributed by atoms with Gasteiger partial charge in [0.15, 0.2) is 0 Å². The first-order valence-electron chi connectivity index (χ1n) is 5.00. The third-order valence-corrected chi connectivity index (χ3v) is 1.92. The predicted molar refractivity (Wildman–Crippen MR) is 61.6 cm³/mol. The predicted octanol–water partition coefficient (Wildman–Crippen LogP) is 1.78. The maximum absolute atomic E-state index is 11.5. The summed E-state index contributed by atoms with van der Waals surface area (Å²) in [6, 6.07) is 8.48. The van der Waals surface area contributed by atoms with Gasteiger partial charge in [-0.3, -0.25) is 4.79 Å². The van der Waals surface area contributed by atoms with E-state index >= 15 is 0 Å². The largest absolute Gasteiger partial charge is 0.469 e. The van der Waals surface area contributed by atoms with Gasteiger partial charge < -0.3 is 9.57 Å². The SMILES string of the molecule is COC(=O)C/C(C)=N/OC(=O)c1ccccc1. The highest BCUT2D eigenvalue weighted by molar-refractivity contribution is 5.98. The van der Waals surface area contributed by atoms with Gasteiger partial charge in [0.05, 0.1) is 24.8 Å². The number of ether oxygens (including phenoxy) is 1. The lowest BCUT2D eigenvalue weighted by Crippen LogP contribution is -2.08. The molecule has 0 atom stereocenters. The number of rotatable bonds is 4. The van der Waals surface area contributed by atoms with E-state index < -0.39 is 11.9 Å². The minimum Gasteiger partial charge on any atom is -0.469 e. The summed E-state index contributed by atoms with van der Waals surface area (Å²) in [6.45, 7) is 1.58. The lowest BCUT2D eigenvalue weighted by molar-refractivity contribution is -0.139. The number of nitrogens with zero attached hydrogens (tertiary/aromatic N) is 1. The van der Waals surface area contributed by atoms with Crippen molar-refractivity contribution in [3.05, 3.63) is 35.9 Å². The smallest absolute Gasteiger partial charge is 0.365 e. The summed E-state index contributed by atoms with van der Waals surface area (Å²) in [5, 5.41) is 3.55. The molecule has 0 heterocycles. The molecule has 0 bridgehead atoms. The minimum atomic E-state index is -0.560. The van der Waals surface area contributed by atoms with Crippen LogP contribution in [-0.2, 0) is 14.4 Å². The summed E-state index contributed by atoms with van der Waals surface area (Å²) < 4.78 is 4.45. The Kier molecular flexibility index (Phi) is 4.87. The number of oxime groups is 1. The van der Waals surface area contributed by atoms with Gasteiger partial charge in [-0.2, -0.15) is 0 Å². The molecule has 0 fully saturated rings. The van der Waals surface area contributed by atoms with Crippen molar-refractivity contribution in [3.63, 3.8) is 0 Å². The van der Waals surface area contributed by atoms with E-state index in [1.54, 1.807) is 37.3 Å². The zero-order valence-electron chi connectivity index (χ0n) is 9.67. The van der Waals surface area contributed by atoms with Crippen molar-refractivity contribution in [1.29, 1.82) is 0 Å². The Morgan fingerprint density at radius 1 is 1.24 bits per heavy atom. The standard InChI is InChI=1S/C12H13NO4/c1-9(8-11(14)16-2)13-17-12(15)10-6-4-3-5-7-10/h3-7H,8H2,1-2H3/b13-9+. The quantitative estimate of drug-likeness (QED) is 0.345. The molecule has 0 N–H and O–H groups in total. The molecule has 0 amide bonds. The number of hydrogen-bond acceptors (Lipinski definition) is 5. The van der Waals surface area contributed by atoms with Crippen molar-refractivity contribution in [1.82, 2.24) is 0 Å². The third-order valence-electron chi connectivity index (χ3n) is 1.92. The van der Waals surface area contributed by atoms with Gasteiger partial charge >= 0.3 is 11.9 Å². The Balaban J connectivity index is 2.53. The number of methoxy groups -OCH3 is 1. The second kappa shape index (κ2) is 6.42. The molecule has 1 rings (SSSR count). The number of benzene rings is 1. The molecule has 5 nitrogen and oxygen atoms in total. The summed E-state index contributed by atoms with van der Waals surface area (Å²) >= 11 is 0. The van der Waals surface area contributed by atoms with Crippen LogP contribution in [0.1, 0.15) is 23.7 Å². The lowest BCUT2D eigenvalue weighted by atomic mass is 10.2. The van der Waals surface area contributed by atoms with E-state index in [0.717, 1.165) is 0 Å². The molecular weight excluding hydrogens is 222 g/mol. The number of esters is 1. The van der Waals surface area contributed by atoms with E-state index in [2.05, 4.69) is 14.7 Å². The van der Waals surface area contributed by atoms with Crippen LogP contribution in [0.3, 0.4) is 0 Å². The molecule has 0 saturated carbocycles. The second-order valence-electron chi connectivity index (χ2n) is 3.32. The van der Waals surface area contributed by atoms with Gasteiger partial charge in [-0.25, -0.2) is 4.79 Å². The Morgan fingerprint density at radius 3 is 2.47 bits per heavy atom. The fourth-order valence-corrected chi connectivity index (χ4v) is 1.06. The number of carbonyl (C=O) groups excluding carboxylic acids is 2. The molecule has 5 heteroatoms. The van der Waals surface area contributed by atoms with Crippen LogP contribution in [0.4, 0.5) is 0 Å². The van der Waals surface area contributed by atoms with Crippen LogP contribution < -0.4 is 0 Å². The molecule has 1 aromatic rings.